The number of anilines is 1. The maximum atomic E-state index is 13.5. The molecular weight excluding hydrogens is 447 g/mol. The van der Waals surface area contributed by atoms with Gasteiger partial charge in [-0.05, 0) is 35.7 Å². The lowest BCUT2D eigenvalue weighted by Crippen LogP contribution is -2.61. The molecule has 5 rings (SSSR count). The normalized spacial score (nSPS) is 22.9. The number of nitrogens with zero attached hydrogens (tertiary/aromatic N) is 3. The van der Waals surface area contributed by atoms with Gasteiger partial charge in [0.15, 0.2) is 0 Å². The van der Waals surface area contributed by atoms with Gasteiger partial charge in [-0.25, -0.2) is 4.39 Å². The van der Waals surface area contributed by atoms with E-state index in [4.69, 9.17) is 9.47 Å². The molecule has 188 valence electrons. The van der Waals surface area contributed by atoms with Crippen LogP contribution in [0.2, 0.25) is 0 Å². The van der Waals surface area contributed by atoms with Gasteiger partial charge in [0, 0.05) is 64.1 Å². The number of hydrogen-bond acceptors (Lipinski definition) is 6. The number of fused-ring (bicyclic) bond motifs is 3. The Morgan fingerprint density at radius 2 is 1.89 bits per heavy atom. The summed E-state index contributed by atoms with van der Waals surface area (Å²) in [6.07, 6.45) is 0.717. The second kappa shape index (κ2) is 10.9. The van der Waals surface area contributed by atoms with Crippen LogP contribution in [0.5, 0.6) is 5.75 Å². The van der Waals surface area contributed by atoms with Crippen LogP contribution in [-0.4, -0.2) is 87.9 Å². The van der Waals surface area contributed by atoms with Crippen LogP contribution >= 0.6 is 0 Å². The number of carbonyl (C=O) groups is 1. The van der Waals surface area contributed by atoms with Crippen molar-refractivity contribution in [2.24, 2.45) is 5.92 Å². The Morgan fingerprint density at radius 3 is 2.66 bits per heavy atom. The lowest BCUT2D eigenvalue weighted by molar-refractivity contribution is -0.126. The van der Waals surface area contributed by atoms with E-state index in [2.05, 4.69) is 32.1 Å². The fourth-order valence-corrected chi connectivity index (χ4v) is 5.55. The van der Waals surface area contributed by atoms with Crippen molar-refractivity contribution in [2.45, 2.75) is 19.0 Å². The predicted octanol–water partition coefficient (Wildman–Crippen LogP) is 2.15. The molecule has 0 spiro atoms. The van der Waals surface area contributed by atoms with Crippen molar-refractivity contribution >= 4 is 11.6 Å². The minimum Gasteiger partial charge on any atom is -0.497 e. The number of piperazine rings is 1. The molecule has 0 unspecified atom stereocenters. The number of methoxy groups -OCH3 is 1. The van der Waals surface area contributed by atoms with E-state index in [9.17, 15) is 9.18 Å². The number of hydrogen-bond donors (Lipinski definition) is 1. The minimum atomic E-state index is -0.217. The standard InChI is InChI=1S/C27H35FN4O3/c1-34-23-7-4-21-16-24(27(33)29-8-9-30-12-14-35-15-13-30)26-19-31(10-11-32(26)25(21)17-23)18-20-2-5-22(28)6-3-20/h2-7,17,24,26H,8-16,18-19H2,1H3,(H,29,33)/t24-,26-/m1/s1. The molecule has 0 radical (unpaired) electrons. The minimum absolute atomic E-state index is 0.0761. The van der Waals surface area contributed by atoms with Gasteiger partial charge < -0.3 is 19.7 Å². The fraction of sp³-hybridized carbons (Fsp3) is 0.519. The van der Waals surface area contributed by atoms with Gasteiger partial charge in [-0.2, -0.15) is 0 Å². The molecule has 7 nitrogen and oxygen atoms in total. The molecule has 35 heavy (non-hydrogen) atoms. The Labute approximate surface area is 206 Å². The molecule has 1 amide bonds. The lowest BCUT2D eigenvalue weighted by atomic mass is 9.83. The van der Waals surface area contributed by atoms with Crippen LogP contribution in [0.4, 0.5) is 10.1 Å². The molecule has 3 heterocycles. The highest BCUT2D eigenvalue weighted by Crippen LogP contribution is 2.38. The quantitative estimate of drug-likeness (QED) is 0.653. The van der Waals surface area contributed by atoms with E-state index >= 15 is 0 Å². The lowest BCUT2D eigenvalue weighted by Gasteiger charge is -2.49. The molecule has 1 N–H and O–H groups in total. The third-order valence-corrected chi connectivity index (χ3v) is 7.50. The van der Waals surface area contributed by atoms with Crippen LogP contribution in [-0.2, 0) is 22.5 Å². The molecule has 2 aromatic carbocycles. The van der Waals surface area contributed by atoms with Gasteiger partial charge in [-0.1, -0.05) is 18.2 Å². The first kappa shape index (κ1) is 24.0. The van der Waals surface area contributed by atoms with E-state index in [0.717, 1.165) is 70.3 Å². The van der Waals surface area contributed by atoms with Crippen molar-refractivity contribution in [1.82, 2.24) is 15.1 Å². The Balaban J connectivity index is 1.30. The first-order valence-corrected chi connectivity index (χ1v) is 12.6. The predicted molar refractivity (Wildman–Crippen MR) is 133 cm³/mol. The van der Waals surface area contributed by atoms with Crippen LogP contribution in [0.3, 0.4) is 0 Å². The molecule has 0 aliphatic carbocycles. The average molecular weight is 483 g/mol. The summed E-state index contributed by atoms with van der Waals surface area (Å²) in [6, 6.07) is 13.0. The van der Waals surface area contributed by atoms with Gasteiger partial charge in [0.2, 0.25) is 5.91 Å². The van der Waals surface area contributed by atoms with Crippen molar-refractivity contribution < 1.29 is 18.7 Å². The maximum absolute atomic E-state index is 13.5. The van der Waals surface area contributed by atoms with Crippen molar-refractivity contribution in [1.29, 1.82) is 0 Å². The first-order chi connectivity index (χ1) is 17.1. The van der Waals surface area contributed by atoms with Crippen LogP contribution in [0.1, 0.15) is 11.1 Å². The molecule has 2 aromatic rings. The van der Waals surface area contributed by atoms with Gasteiger partial charge in [0.25, 0.3) is 0 Å². The van der Waals surface area contributed by atoms with Gasteiger partial charge in [-0.15, -0.1) is 0 Å². The van der Waals surface area contributed by atoms with E-state index in [1.165, 1.54) is 23.4 Å². The topological polar surface area (TPSA) is 57.3 Å². The maximum Gasteiger partial charge on any atom is 0.225 e. The van der Waals surface area contributed by atoms with Gasteiger partial charge >= 0.3 is 0 Å². The molecule has 2 fully saturated rings. The smallest absolute Gasteiger partial charge is 0.225 e. The van der Waals surface area contributed by atoms with E-state index in [1.54, 1.807) is 7.11 Å². The van der Waals surface area contributed by atoms with E-state index < -0.39 is 0 Å². The molecule has 3 aliphatic heterocycles. The summed E-state index contributed by atoms with van der Waals surface area (Å²) >= 11 is 0. The molecule has 2 saturated heterocycles. The average Bonchev–Trinajstić information content (AvgIpc) is 2.89. The number of rotatable bonds is 7. The summed E-state index contributed by atoms with van der Waals surface area (Å²) in [7, 11) is 1.69. The van der Waals surface area contributed by atoms with Gasteiger partial charge in [-0.3, -0.25) is 14.6 Å². The van der Waals surface area contributed by atoms with Gasteiger partial charge in [0.05, 0.1) is 32.3 Å². The highest BCUT2D eigenvalue weighted by molar-refractivity contribution is 5.82. The third kappa shape index (κ3) is 5.60. The summed E-state index contributed by atoms with van der Waals surface area (Å²) in [6.45, 7) is 8.12. The van der Waals surface area contributed by atoms with Crippen molar-refractivity contribution in [3.05, 3.63) is 59.4 Å². The zero-order valence-corrected chi connectivity index (χ0v) is 20.4. The Hall–Kier alpha value is -2.68. The first-order valence-electron chi connectivity index (χ1n) is 12.6. The zero-order valence-electron chi connectivity index (χ0n) is 20.4. The summed E-state index contributed by atoms with van der Waals surface area (Å²) in [4.78, 5) is 20.6. The van der Waals surface area contributed by atoms with Gasteiger partial charge in [0.1, 0.15) is 11.6 Å². The van der Waals surface area contributed by atoms with E-state index in [1.807, 2.05) is 18.2 Å². The summed E-state index contributed by atoms with van der Waals surface area (Å²) in [5.74, 6) is 0.616. The molecule has 0 aromatic heterocycles. The molecular formula is C27H35FN4O3. The number of ether oxygens (including phenoxy) is 2. The Morgan fingerprint density at radius 1 is 1.09 bits per heavy atom. The molecule has 0 bridgehead atoms. The second-order valence-corrected chi connectivity index (χ2v) is 9.67. The number of amides is 1. The Kier molecular flexibility index (Phi) is 7.51. The summed E-state index contributed by atoms with van der Waals surface area (Å²) in [5.41, 5.74) is 3.46. The number of halogens is 1. The molecule has 0 saturated carbocycles. The van der Waals surface area contributed by atoms with Crippen LogP contribution in [0.15, 0.2) is 42.5 Å². The largest absolute Gasteiger partial charge is 0.497 e. The number of benzene rings is 2. The Bertz CT molecular complexity index is 1010. The zero-order chi connectivity index (χ0) is 24.2. The van der Waals surface area contributed by atoms with Crippen molar-refractivity contribution in [2.75, 3.05) is 71.0 Å². The second-order valence-electron chi connectivity index (χ2n) is 9.67. The van der Waals surface area contributed by atoms with Crippen LogP contribution < -0.4 is 15.0 Å². The van der Waals surface area contributed by atoms with Crippen LogP contribution in [0.25, 0.3) is 0 Å². The number of carbonyl (C=O) groups excluding carboxylic acids is 1. The highest BCUT2D eigenvalue weighted by atomic mass is 19.1. The summed E-state index contributed by atoms with van der Waals surface area (Å²) in [5, 5.41) is 3.22. The van der Waals surface area contributed by atoms with Crippen molar-refractivity contribution in [3.63, 3.8) is 0 Å². The van der Waals surface area contributed by atoms with E-state index in [-0.39, 0.29) is 23.7 Å². The monoisotopic (exact) mass is 482 g/mol. The molecule has 2 atom stereocenters. The SMILES string of the molecule is COc1ccc2c(c1)N1CCN(Cc3ccc(F)cc3)C[C@@H]1[C@H](C(=O)NCCN1CCOCC1)C2. The highest BCUT2D eigenvalue weighted by Gasteiger charge is 2.41. The number of morpholine rings is 1. The van der Waals surface area contributed by atoms with E-state index in [0.29, 0.717) is 13.0 Å². The van der Waals surface area contributed by atoms with Crippen LogP contribution in [0, 0.1) is 11.7 Å². The fourth-order valence-electron chi connectivity index (χ4n) is 5.55. The molecule has 3 aliphatic rings. The third-order valence-electron chi connectivity index (χ3n) is 7.50. The van der Waals surface area contributed by atoms with Crippen molar-refractivity contribution in [3.8, 4) is 5.75 Å². The molecule has 8 heteroatoms. The summed E-state index contributed by atoms with van der Waals surface area (Å²) < 4.78 is 24.3. The number of nitrogens with one attached hydrogen (secondary N) is 1.